The van der Waals surface area contributed by atoms with Crippen LogP contribution in [0, 0.1) is 0 Å². The Bertz CT molecular complexity index is 857. The molecule has 0 saturated heterocycles. The average Bonchev–Trinajstić information content (AvgIpc) is 2.90. The number of rotatable bonds is 4. The average molecular weight is 373 g/mol. The van der Waals surface area contributed by atoms with E-state index in [1.165, 1.54) is 0 Å². The molecule has 5 heteroatoms. The molecule has 0 saturated carbocycles. The maximum Gasteiger partial charge on any atom is 0.251 e. The fraction of sp³-hybridized carbons (Fsp3) is 0.167. The first-order valence-electron chi connectivity index (χ1n) is 7.32. The Morgan fingerprint density at radius 3 is 2.83 bits per heavy atom. The number of para-hydroxylation sites is 1. The molecule has 0 spiro atoms. The molecule has 1 heterocycles. The van der Waals surface area contributed by atoms with Gasteiger partial charge in [-0.05, 0) is 24.3 Å². The van der Waals surface area contributed by atoms with Gasteiger partial charge in [0.15, 0.2) is 0 Å². The Morgan fingerprint density at radius 2 is 2.04 bits per heavy atom. The summed E-state index contributed by atoms with van der Waals surface area (Å²) in [5.74, 6) is -0.203. The molecule has 2 N–H and O–H groups in total. The van der Waals surface area contributed by atoms with E-state index < -0.39 is 6.10 Å². The number of nitrogens with one attached hydrogen (secondary N) is 1. The molecule has 0 fully saturated rings. The molecule has 4 nitrogen and oxygen atoms in total. The van der Waals surface area contributed by atoms with Gasteiger partial charge in [0.1, 0.15) is 0 Å². The van der Waals surface area contributed by atoms with E-state index in [-0.39, 0.29) is 12.5 Å². The smallest absolute Gasteiger partial charge is 0.251 e. The molecule has 0 aliphatic heterocycles. The molecule has 3 aromatic rings. The van der Waals surface area contributed by atoms with Crippen molar-refractivity contribution in [2.24, 2.45) is 7.05 Å². The van der Waals surface area contributed by atoms with E-state index >= 15 is 0 Å². The van der Waals surface area contributed by atoms with Gasteiger partial charge in [-0.2, -0.15) is 0 Å². The van der Waals surface area contributed by atoms with Gasteiger partial charge < -0.3 is 15.0 Å². The van der Waals surface area contributed by atoms with Crippen LogP contribution >= 0.6 is 15.9 Å². The summed E-state index contributed by atoms with van der Waals surface area (Å²) in [6, 6.07) is 15.0. The van der Waals surface area contributed by atoms with E-state index in [1.807, 2.05) is 48.1 Å². The van der Waals surface area contributed by atoms with Crippen molar-refractivity contribution in [1.82, 2.24) is 9.88 Å². The molecule has 0 radical (unpaired) electrons. The standard InChI is InChI=1S/C18H17BrN2O2/c1-21-11-15(14-7-2-3-8-16(14)21)17(22)10-20-18(23)12-5-4-6-13(19)9-12/h2-9,11,17,22H,10H2,1H3,(H,20,23). The number of aromatic nitrogens is 1. The van der Waals surface area contributed by atoms with Crippen LogP contribution < -0.4 is 5.32 Å². The van der Waals surface area contributed by atoms with Crippen molar-refractivity contribution in [3.63, 3.8) is 0 Å². The lowest BCUT2D eigenvalue weighted by atomic mass is 10.1. The number of aryl methyl sites for hydroxylation is 1. The minimum absolute atomic E-state index is 0.166. The molecule has 3 rings (SSSR count). The molecule has 1 unspecified atom stereocenters. The van der Waals surface area contributed by atoms with E-state index in [0.717, 1.165) is 20.9 Å². The second-order valence-corrected chi connectivity index (χ2v) is 6.36. The van der Waals surface area contributed by atoms with Crippen LogP contribution in [0.1, 0.15) is 22.0 Å². The first kappa shape index (κ1) is 15.8. The number of halogens is 1. The summed E-state index contributed by atoms with van der Waals surface area (Å²) in [6.07, 6.45) is 1.15. The SMILES string of the molecule is Cn1cc(C(O)CNC(=O)c2cccc(Br)c2)c2ccccc21. The van der Waals surface area contributed by atoms with Crippen LogP contribution in [0.5, 0.6) is 0 Å². The second kappa shape index (κ2) is 6.56. The molecule has 118 valence electrons. The summed E-state index contributed by atoms with van der Waals surface area (Å²) in [5.41, 5.74) is 2.43. The fourth-order valence-corrected chi connectivity index (χ4v) is 3.07. The summed E-state index contributed by atoms with van der Waals surface area (Å²) >= 11 is 3.34. The van der Waals surface area contributed by atoms with E-state index in [4.69, 9.17) is 0 Å². The molecule has 1 atom stereocenters. The predicted molar refractivity (Wildman–Crippen MR) is 94.4 cm³/mol. The Balaban J connectivity index is 1.74. The van der Waals surface area contributed by atoms with E-state index in [1.54, 1.807) is 18.2 Å². The van der Waals surface area contributed by atoms with Gasteiger partial charge in [0.2, 0.25) is 0 Å². The van der Waals surface area contributed by atoms with Gasteiger partial charge in [0.25, 0.3) is 5.91 Å². The summed E-state index contributed by atoms with van der Waals surface area (Å²) < 4.78 is 2.82. The zero-order valence-corrected chi connectivity index (χ0v) is 14.2. The van der Waals surface area contributed by atoms with E-state index in [0.29, 0.717) is 5.56 Å². The lowest BCUT2D eigenvalue weighted by Crippen LogP contribution is -2.28. The summed E-state index contributed by atoms with van der Waals surface area (Å²) in [5, 5.41) is 14.2. The highest BCUT2D eigenvalue weighted by Gasteiger charge is 2.16. The van der Waals surface area contributed by atoms with Crippen molar-refractivity contribution in [3.05, 3.63) is 70.3 Å². The number of amides is 1. The van der Waals surface area contributed by atoms with Gasteiger partial charge in [-0.3, -0.25) is 4.79 Å². The highest BCUT2D eigenvalue weighted by molar-refractivity contribution is 9.10. The molecule has 0 aliphatic carbocycles. The first-order chi connectivity index (χ1) is 11.1. The highest BCUT2D eigenvalue weighted by atomic mass is 79.9. The van der Waals surface area contributed by atoms with Gasteiger partial charge in [-0.15, -0.1) is 0 Å². The zero-order chi connectivity index (χ0) is 16.4. The van der Waals surface area contributed by atoms with Crippen LogP contribution in [0.3, 0.4) is 0 Å². The topological polar surface area (TPSA) is 54.3 Å². The van der Waals surface area contributed by atoms with Gasteiger partial charge in [0.05, 0.1) is 6.10 Å². The fourth-order valence-electron chi connectivity index (χ4n) is 2.67. The van der Waals surface area contributed by atoms with Crippen LogP contribution in [0.4, 0.5) is 0 Å². The van der Waals surface area contributed by atoms with Gasteiger partial charge in [-0.25, -0.2) is 0 Å². The lowest BCUT2D eigenvalue weighted by molar-refractivity contribution is 0.0917. The molecular formula is C18H17BrN2O2. The number of hydrogen-bond donors (Lipinski definition) is 2. The summed E-state index contributed by atoms with van der Waals surface area (Å²) in [6.45, 7) is 0.166. The Labute approximate surface area is 142 Å². The molecule has 1 aromatic heterocycles. The van der Waals surface area contributed by atoms with Crippen molar-refractivity contribution in [3.8, 4) is 0 Å². The Morgan fingerprint density at radius 1 is 1.26 bits per heavy atom. The Kier molecular flexibility index (Phi) is 4.50. The van der Waals surface area contributed by atoms with Crippen molar-refractivity contribution >= 4 is 32.7 Å². The third-order valence-electron chi connectivity index (χ3n) is 3.83. The third kappa shape index (κ3) is 3.30. The first-order valence-corrected chi connectivity index (χ1v) is 8.11. The van der Waals surface area contributed by atoms with Crippen molar-refractivity contribution in [2.45, 2.75) is 6.10 Å². The molecular weight excluding hydrogens is 356 g/mol. The van der Waals surface area contributed by atoms with Gasteiger partial charge in [0, 0.05) is 46.3 Å². The van der Waals surface area contributed by atoms with E-state index in [9.17, 15) is 9.90 Å². The quantitative estimate of drug-likeness (QED) is 0.737. The number of carbonyl (C=O) groups excluding carboxylic acids is 1. The van der Waals surface area contributed by atoms with Crippen molar-refractivity contribution in [1.29, 1.82) is 0 Å². The molecule has 2 aromatic carbocycles. The number of nitrogens with zero attached hydrogens (tertiary/aromatic N) is 1. The van der Waals surface area contributed by atoms with E-state index in [2.05, 4.69) is 21.2 Å². The minimum atomic E-state index is -0.753. The number of carbonyl (C=O) groups is 1. The zero-order valence-electron chi connectivity index (χ0n) is 12.7. The predicted octanol–water partition coefficient (Wildman–Crippen LogP) is 3.40. The van der Waals surface area contributed by atoms with Gasteiger partial charge >= 0.3 is 0 Å². The number of fused-ring (bicyclic) bond motifs is 1. The van der Waals surface area contributed by atoms with Crippen molar-refractivity contribution < 1.29 is 9.90 Å². The largest absolute Gasteiger partial charge is 0.386 e. The van der Waals surface area contributed by atoms with Crippen LogP contribution in [-0.2, 0) is 7.05 Å². The maximum atomic E-state index is 12.2. The summed E-state index contributed by atoms with van der Waals surface area (Å²) in [4.78, 5) is 12.2. The summed E-state index contributed by atoms with van der Waals surface area (Å²) in [7, 11) is 1.94. The Hall–Kier alpha value is -2.11. The molecule has 0 aliphatic rings. The number of benzene rings is 2. The minimum Gasteiger partial charge on any atom is -0.386 e. The number of aliphatic hydroxyl groups excluding tert-OH is 1. The van der Waals surface area contributed by atoms with Crippen LogP contribution in [-0.4, -0.2) is 22.1 Å². The second-order valence-electron chi connectivity index (χ2n) is 5.45. The third-order valence-corrected chi connectivity index (χ3v) is 4.32. The maximum absolute atomic E-state index is 12.2. The van der Waals surface area contributed by atoms with Crippen LogP contribution in [0.25, 0.3) is 10.9 Å². The lowest BCUT2D eigenvalue weighted by Gasteiger charge is -2.11. The molecule has 0 bridgehead atoms. The van der Waals surface area contributed by atoms with Crippen molar-refractivity contribution in [2.75, 3.05) is 6.54 Å². The number of aliphatic hydroxyl groups is 1. The molecule has 23 heavy (non-hydrogen) atoms. The monoisotopic (exact) mass is 372 g/mol. The number of hydrogen-bond acceptors (Lipinski definition) is 2. The molecule has 1 amide bonds. The highest BCUT2D eigenvalue weighted by Crippen LogP contribution is 2.25. The van der Waals surface area contributed by atoms with Crippen LogP contribution in [0.2, 0.25) is 0 Å². The van der Waals surface area contributed by atoms with Crippen LogP contribution in [0.15, 0.2) is 59.2 Å². The van der Waals surface area contributed by atoms with Gasteiger partial charge in [-0.1, -0.05) is 40.2 Å². The normalized spacial score (nSPS) is 12.3.